The predicted molar refractivity (Wildman–Crippen MR) is 67.9 cm³/mol. The molecule has 2 atom stereocenters. The van der Waals surface area contributed by atoms with Crippen molar-refractivity contribution >= 4 is 33.2 Å². The molecule has 0 N–H and O–H groups in total. The summed E-state index contributed by atoms with van der Waals surface area (Å²) in [5.41, 5.74) is 0. The van der Waals surface area contributed by atoms with E-state index in [4.69, 9.17) is 4.74 Å². The van der Waals surface area contributed by atoms with Crippen molar-refractivity contribution in [3.8, 4) is 0 Å². The van der Waals surface area contributed by atoms with E-state index in [1.54, 1.807) is 0 Å². The molecule has 1 aromatic rings. The van der Waals surface area contributed by atoms with Crippen LogP contribution < -0.4 is 0 Å². The maximum Gasteiger partial charge on any atom is 0.264 e. The van der Waals surface area contributed by atoms with Crippen molar-refractivity contribution in [3.63, 3.8) is 0 Å². The van der Waals surface area contributed by atoms with Crippen molar-refractivity contribution in [2.75, 3.05) is 13.1 Å². The Kier molecular flexibility index (Phi) is 3.66. The topological polar surface area (TPSA) is 29.5 Å². The molecule has 88 valence electrons. The monoisotopic (exact) mass is 303 g/mol. The zero-order valence-corrected chi connectivity index (χ0v) is 11.7. The Balaban J connectivity index is 2.09. The van der Waals surface area contributed by atoms with Gasteiger partial charge in [0.2, 0.25) is 0 Å². The fourth-order valence-corrected chi connectivity index (χ4v) is 3.28. The normalized spacial score (nSPS) is 25.8. The van der Waals surface area contributed by atoms with Gasteiger partial charge in [0.1, 0.15) is 0 Å². The molecule has 5 heteroatoms. The Morgan fingerprint density at radius 2 is 2.06 bits per heavy atom. The van der Waals surface area contributed by atoms with Gasteiger partial charge in [-0.1, -0.05) is 0 Å². The summed E-state index contributed by atoms with van der Waals surface area (Å²) >= 11 is 4.85. The van der Waals surface area contributed by atoms with Crippen molar-refractivity contribution in [1.29, 1.82) is 0 Å². The van der Waals surface area contributed by atoms with Crippen LogP contribution in [0.5, 0.6) is 0 Å². The highest BCUT2D eigenvalue weighted by atomic mass is 79.9. The minimum Gasteiger partial charge on any atom is -0.372 e. The smallest absolute Gasteiger partial charge is 0.264 e. The van der Waals surface area contributed by atoms with Crippen molar-refractivity contribution in [2.24, 2.45) is 0 Å². The highest BCUT2D eigenvalue weighted by Crippen LogP contribution is 2.24. The Morgan fingerprint density at radius 3 is 2.56 bits per heavy atom. The first kappa shape index (κ1) is 12.1. The number of carbonyl (C=O) groups is 1. The number of amides is 1. The van der Waals surface area contributed by atoms with Crippen molar-refractivity contribution in [2.45, 2.75) is 26.1 Å². The number of carbonyl (C=O) groups excluding carboxylic acids is 1. The van der Waals surface area contributed by atoms with Crippen LogP contribution in [0.4, 0.5) is 0 Å². The lowest BCUT2D eigenvalue weighted by atomic mass is 10.2. The Hall–Kier alpha value is -0.390. The van der Waals surface area contributed by atoms with Gasteiger partial charge in [-0.2, -0.15) is 0 Å². The molecule has 2 heterocycles. The van der Waals surface area contributed by atoms with Gasteiger partial charge < -0.3 is 9.64 Å². The summed E-state index contributed by atoms with van der Waals surface area (Å²) in [6.45, 7) is 5.36. The molecule has 0 bridgehead atoms. The Labute approximate surface area is 108 Å². The summed E-state index contributed by atoms with van der Waals surface area (Å²) in [5.74, 6) is 0.109. The Morgan fingerprint density at radius 1 is 1.44 bits per heavy atom. The van der Waals surface area contributed by atoms with E-state index >= 15 is 0 Å². The molecule has 1 amide bonds. The van der Waals surface area contributed by atoms with Crippen LogP contribution in [0.25, 0.3) is 0 Å². The van der Waals surface area contributed by atoms with E-state index in [0.29, 0.717) is 13.1 Å². The van der Waals surface area contributed by atoms with E-state index < -0.39 is 0 Å². The van der Waals surface area contributed by atoms with E-state index in [9.17, 15) is 4.79 Å². The molecule has 1 fully saturated rings. The largest absolute Gasteiger partial charge is 0.372 e. The van der Waals surface area contributed by atoms with Crippen LogP contribution in [0.3, 0.4) is 0 Å². The van der Waals surface area contributed by atoms with Gasteiger partial charge in [-0.15, -0.1) is 11.3 Å². The van der Waals surface area contributed by atoms with Gasteiger partial charge in [0, 0.05) is 13.1 Å². The average molecular weight is 304 g/mol. The summed E-state index contributed by atoms with van der Waals surface area (Å²) in [7, 11) is 0. The van der Waals surface area contributed by atoms with Gasteiger partial charge >= 0.3 is 0 Å². The number of thiophene rings is 1. The molecule has 0 radical (unpaired) electrons. The molecule has 1 saturated heterocycles. The van der Waals surface area contributed by atoms with Gasteiger partial charge in [0.15, 0.2) is 0 Å². The van der Waals surface area contributed by atoms with E-state index in [0.717, 1.165) is 8.66 Å². The maximum absolute atomic E-state index is 12.2. The number of morpholine rings is 1. The molecule has 0 spiro atoms. The zero-order chi connectivity index (χ0) is 11.7. The molecule has 1 aliphatic heterocycles. The predicted octanol–water partition coefficient (Wildman–Crippen LogP) is 2.76. The van der Waals surface area contributed by atoms with Crippen LogP contribution in [0.1, 0.15) is 23.5 Å². The molecular formula is C11H14BrNO2S. The second-order valence-electron chi connectivity index (χ2n) is 4.07. The van der Waals surface area contributed by atoms with Crippen molar-refractivity contribution in [1.82, 2.24) is 4.90 Å². The van der Waals surface area contributed by atoms with E-state index in [2.05, 4.69) is 15.9 Å². The van der Waals surface area contributed by atoms with E-state index in [1.165, 1.54) is 11.3 Å². The zero-order valence-electron chi connectivity index (χ0n) is 9.27. The highest BCUT2D eigenvalue weighted by molar-refractivity contribution is 9.11. The van der Waals surface area contributed by atoms with Crippen LogP contribution in [0, 0.1) is 0 Å². The molecular weight excluding hydrogens is 290 g/mol. The van der Waals surface area contributed by atoms with E-state index in [-0.39, 0.29) is 18.1 Å². The first-order chi connectivity index (χ1) is 7.56. The minimum absolute atomic E-state index is 0.109. The number of nitrogens with zero attached hydrogens (tertiary/aromatic N) is 1. The van der Waals surface area contributed by atoms with Gasteiger partial charge in [0.25, 0.3) is 5.91 Å². The van der Waals surface area contributed by atoms with Crippen molar-refractivity contribution in [3.05, 3.63) is 20.8 Å². The fraction of sp³-hybridized carbons (Fsp3) is 0.545. The molecule has 2 rings (SSSR count). The molecule has 1 aliphatic rings. The summed E-state index contributed by atoms with van der Waals surface area (Å²) in [6, 6.07) is 3.77. The third-order valence-corrected chi connectivity index (χ3v) is 4.10. The second kappa shape index (κ2) is 4.85. The lowest BCUT2D eigenvalue weighted by Gasteiger charge is -2.35. The highest BCUT2D eigenvalue weighted by Gasteiger charge is 2.27. The van der Waals surface area contributed by atoms with Gasteiger partial charge in [-0.05, 0) is 41.9 Å². The molecule has 0 aliphatic carbocycles. The summed E-state index contributed by atoms with van der Waals surface area (Å²) < 4.78 is 6.60. The minimum atomic E-state index is 0.109. The number of halogens is 1. The van der Waals surface area contributed by atoms with E-state index in [1.807, 2.05) is 30.9 Å². The lowest BCUT2D eigenvalue weighted by Crippen LogP contribution is -2.48. The Bertz CT molecular complexity index is 383. The quantitative estimate of drug-likeness (QED) is 0.798. The average Bonchev–Trinajstić information content (AvgIpc) is 2.62. The number of ether oxygens (including phenoxy) is 1. The van der Waals surface area contributed by atoms with Crippen LogP contribution in [0.15, 0.2) is 15.9 Å². The second-order valence-corrected chi connectivity index (χ2v) is 6.53. The maximum atomic E-state index is 12.2. The number of hydrogen-bond donors (Lipinski definition) is 0. The first-order valence-corrected chi connectivity index (χ1v) is 6.87. The SMILES string of the molecule is CC1CN(C(=O)c2ccc(Br)s2)CC(C)O1. The van der Waals surface area contributed by atoms with Crippen LogP contribution in [0.2, 0.25) is 0 Å². The van der Waals surface area contributed by atoms with Crippen molar-refractivity contribution < 1.29 is 9.53 Å². The van der Waals surface area contributed by atoms with Gasteiger partial charge in [-0.3, -0.25) is 4.79 Å². The van der Waals surface area contributed by atoms with Gasteiger partial charge in [0.05, 0.1) is 20.9 Å². The molecule has 2 unspecified atom stereocenters. The fourth-order valence-electron chi connectivity index (χ4n) is 1.93. The molecule has 0 saturated carbocycles. The molecule has 0 aromatic carbocycles. The first-order valence-electron chi connectivity index (χ1n) is 5.26. The van der Waals surface area contributed by atoms with Crippen LogP contribution in [-0.4, -0.2) is 36.1 Å². The van der Waals surface area contributed by atoms with Crippen LogP contribution in [-0.2, 0) is 4.74 Å². The summed E-state index contributed by atoms with van der Waals surface area (Å²) in [6.07, 6.45) is 0.243. The number of rotatable bonds is 1. The number of hydrogen-bond acceptors (Lipinski definition) is 3. The third-order valence-electron chi connectivity index (χ3n) is 2.49. The molecule has 16 heavy (non-hydrogen) atoms. The molecule has 3 nitrogen and oxygen atoms in total. The summed E-state index contributed by atoms with van der Waals surface area (Å²) in [4.78, 5) is 14.8. The lowest BCUT2D eigenvalue weighted by molar-refractivity contribution is -0.0585. The third kappa shape index (κ3) is 2.64. The standard InChI is InChI=1S/C11H14BrNO2S/c1-7-5-13(6-8(2)15-7)11(14)9-3-4-10(12)16-9/h3-4,7-8H,5-6H2,1-2H3. The van der Waals surface area contributed by atoms with Crippen LogP contribution >= 0.6 is 27.3 Å². The molecule has 1 aromatic heterocycles. The summed E-state index contributed by atoms with van der Waals surface area (Å²) in [5, 5.41) is 0. The van der Waals surface area contributed by atoms with Gasteiger partial charge in [-0.25, -0.2) is 0 Å².